The number of anilines is 1. The summed E-state index contributed by atoms with van der Waals surface area (Å²) < 4.78 is 14.0. The molecule has 3 rings (SSSR count). The van der Waals surface area contributed by atoms with Gasteiger partial charge in [0.05, 0.1) is 0 Å². The Kier molecular flexibility index (Phi) is 6.04. The number of benzene rings is 2. The zero-order valence-electron chi connectivity index (χ0n) is 13.9. The van der Waals surface area contributed by atoms with Crippen LogP contribution >= 0.6 is 17.0 Å². The van der Waals surface area contributed by atoms with E-state index in [1.54, 1.807) is 12.1 Å². The Bertz CT molecular complexity index is 912. The first-order valence-corrected chi connectivity index (χ1v) is 7.64. The maximum Gasteiger partial charge on any atom is 0.256 e. The minimum atomic E-state index is -0.446. The highest BCUT2D eigenvalue weighted by atomic mass is 79.9. The van der Waals surface area contributed by atoms with Crippen molar-refractivity contribution in [1.29, 1.82) is 0 Å². The summed E-state index contributed by atoms with van der Waals surface area (Å²) in [6, 6.07) is 17.4. The van der Waals surface area contributed by atoms with Gasteiger partial charge in [-0.05, 0) is 60.9 Å². The number of nitrogens with one attached hydrogen (secondary N) is 1. The summed E-state index contributed by atoms with van der Waals surface area (Å²) in [7, 11) is 0. The topological polar surface area (TPSA) is 42.0 Å². The molecule has 0 unspecified atom stereocenters. The van der Waals surface area contributed by atoms with Crippen LogP contribution in [0.1, 0.15) is 21.6 Å². The van der Waals surface area contributed by atoms with E-state index >= 15 is 0 Å². The minimum absolute atomic E-state index is 0. The molecule has 3 aromatic rings. The van der Waals surface area contributed by atoms with Gasteiger partial charge in [0.1, 0.15) is 11.6 Å². The highest BCUT2D eigenvalue weighted by Gasteiger charge is 2.12. The fourth-order valence-corrected chi connectivity index (χ4v) is 2.57. The van der Waals surface area contributed by atoms with Crippen molar-refractivity contribution in [3.8, 4) is 11.1 Å². The van der Waals surface area contributed by atoms with E-state index in [4.69, 9.17) is 0 Å². The molecule has 5 heteroatoms. The van der Waals surface area contributed by atoms with Crippen LogP contribution in [-0.4, -0.2) is 10.9 Å². The molecular formula is C20H18BrFN2O. The van der Waals surface area contributed by atoms with E-state index in [1.165, 1.54) is 12.1 Å². The first-order valence-electron chi connectivity index (χ1n) is 7.64. The number of aromatic nitrogens is 1. The molecule has 128 valence electrons. The quantitative estimate of drug-likeness (QED) is 0.644. The van der Waals surface area contributed by atoms with Crippen molar-refractivity contribution in [3.63, 3.8) is 0 Å². The summed E-state index contributed by atoms with van der Waals surface area (Å²) in [4.78, 5) is 16.7. The summed E-state index contributed by atoms with van der Waals surface area (Å²) in [5.41, 5.74) is 3.66. The first-order chi connectivity index (χ1) is 11.5. The molecule has 1 heterocycles. The number of aryl methyl sites for hydroxylation is 2. The number of halogens is 2. The second-order valence-electron chi connectivity index (χ2n) is 5.66. The second-order valence-corrected chi connectivity index (χ2v) is 5.66. The zero-order chi connectivity index (χ0) is 17.1. The summed E-state index contributed by atoms with van der Waals surface area (Å²) in [6.07, 6.45) is 0. The smallest absolute Gasteiger partial charge is 0.256 e. The molecule has 0 bridgehead atoms. The van der Waals surface area contributed by atoms with E-state index in [9.17, 15) is 9.18 Å². The normalized spacial score (nSPS) is 10.0. The van der Waals surface area contributed by atoms with E-state index in [-0.39, 0.29) is 28.5 Å². The Hall–Kier alpha value is -2.53. The Morgan fingerprint density at radius 1 is 1.00 bits per heavy atom. The third-order valence-electron chi connectivity index (χ3n) is 3.75. The molecule has 3 nitrogen and oxygen atoms in total. The van der Waals surface area contributed by atoms with Gasteiger partial charge >= 0.3 is 0 Å². The number of hydrogen-bond donors (Lipinski definition) is 1. The number of carbonyl (C=O) groups is 1. The average Bonchev–Trinajstić information content (AvgIpc) is 2.54. The summed E-state index contributed by atoms with van der Waals surface area (Å²) in [5.74, 6) is -0.387. The van der Waals surface area contributed by atoms with Crippen LogP contribution in [0.5, 0.6) is 0 Å². The highest BCUT2D eigenvalue weighted by Crippen LogP contribution is 2.25. The largest absolute Gasteiger partial charge is 0.307 e. The molecule has 0 spiro atoms. The van der Waals surface area contributed by atoms with Gasteiger partial charge in [-0.25, -0.2) is 9.37 Å². The fraction of sp³-hybridized carbons (Fsp3) is 0.100. The van der Waals surface area contributed by atoms with Gasteiger partial charge in [0, 0.05) is 11.3 Å². The van der Waals surface area contributed by atoms with Gasteiger partial charge in [-0.3, -0.25) is 4.79 Å². The van der Waals surface area contributed by atoms with Crippen molar-refractivity contribution < 1.29 is 9.18 Å². The lowest BCUT2D eigenvalue weighted by atomic mass is 9.98. The van der Waals surface area contributed by atoms with Crippen LogP contribution in [0.15, 0.2) is 60.7 Å². The molecule has 0 fully saturated rings. The molecule has 0 aliphatic heterocycles. The van der Waals surface area contributed by atoms with Crippen LogP contribution in [0.25, 0.3) is 11.1 Å². The van der Waals surface area contributed by atoms with E-state index < -0.39 is 5.82 Å². The molecule has 0 saturated carbocycles. The van der Waals surface area contributed by atoms with Gasteiger partial charge in [-0.15, -0.1) is 17.0 Å². The molecule has 0 atom stereocenters. The van der Waals surface area contributed by atoms with Crippen molar-refractivity contribution in [1.82, 2.24) is 4.98 Å². The fourth-order valence-electron chi connectivity index (χ4n) is 2.57. The summed E-state index contributed by atoms with van der Waals surface area (Å²) in [6.45, 7) is 3.80. The predicted molar refractivity (Wildman–Crippen MR) is 104 cm³/mol. The van der Waals surface area contributed by atoms with Gasteiger partial charge in [0.2, 0.25) is 0 Å². The third-order valence-corrected chi connectivity index (χ3v) is 3.75. The average molecular weight is 401 g/mol. The summed E-state index contributed by atoms with van der Waals surface area (Å²) in [5, 5.41) is 2.70. The van der Waals surface area contributed by atoms with Crippen LogP contribution in [0.3, 0.4) is 0 Å². The molecule has 1 N–H and O–H groups in total. The molecule has 0 radical (unpaired) electrons. The van der Waals surface area contributed by atoms with Gasteiger partial charge < -0.3 is 5.32 Å². The molecule has 2 aromatic carbocycles. The molecule has 1 amide bonds. The van der Waals surface area contributed by atoms with E-state index in [0.717, 1.165) is 16.8 Å². The zero-order valence-corrected chi connectivity index (χ0v) is 15.6. The van der Waals surface area contributed by atoms with E-state index in [0.29, 0.717) is 11.4 Å². The molecule has 1 aromatic heterocycles. The van der Waals surface area contributed by atoms with Crippen molar-refractivity contribution >= 4 is 28.7 Å². The number of amides is 1. The number of nitrogens with zero attached hydrogens (tertiary/aromatic N) is 1. The highest BCUT2D eigenvalue weighted by molar-refractivity contribution is 8.93. The molecule has 0 aliphatic rings. The van der Waals surface area contributed by atoms with Crippen LogP contribution in [-0.2, 0) is 0 Å². The van der Waals surface area contributed by atoms with Crippen molar-refractivity contribution in [3.05, 3.63) is 83.3 Å². The van der Waals surface area contributed by atoms with Gasteiger partial charge in [0.25, 0.3) is 5.91 Å². The van der Waals surface area contributed by atoms with Crippen LogP contribution in [0.2, 0.25) is 0 Å². The summed E-state index contributed by atoms with van der Waals surface area (Å²) >= 11 is 0. The first kappa shape index (κ1) is 18.8. The molecule has 0 aliphatic carbocycles. The van der Waals surface area contributed by atoms with Gasteiger partial charge in [-0.2, -0.15) is 0 Å². The van der Waals surface area contributed by atoms with Gasteiger partial charge in [0.15, 0.2) is 0 Å². The molecule has 25 heavy (non-hydrogen) atoms. The monoisotopic (exact) mass is 400 g/mol. The van der Waals surface area contributed by atoms with E-state index in [1.807, 2.05) is 50.2 Å². The van der Waals surface area contributed by atoms with Crippen LogP contribution in [0, 0.1) is 19.7 Å². The molecular weight excluding hydrogens is 383 g/mol. The Morgan fingerprint density at radius 3 is 2.48 bits per heavy atom. The van der Waals surface area contributed by atoms with E-state index in [2.05, 4.69) is 10.3 Å². The van der Waals surface area contributed by atoms with Crippen molar-refractivity contribution in [2.45, 2.75) is 13.8 Å². The second kappa shape index (κ2) is 8.03. The standard InChI is InChI=1S/C20H17FN2O.BrH/c1-13-6-3-4-8-18(13)15-10-16(12-17(21)11-15)20(24)23-19-9-5-7-14(2)22-19;/h3-12H,1-2H3,(H,22,23,24);1H. The maximum absolute atomic E-state index is 14.0. The maximum atomic E-state index is 14.0. The Balaban J connectivity index is 0.00000225. The number of carbonyl (C=O) groups excluding carboxylic acids is 1. The lowest BCUT2D eigenvalue weighted by Gasteiger charge is -2.09. The Morgan fingerprint density at radius 2 is 1.76 bits per heavy atom. The Labute approximate surface area is 156 Å². The molecule has 0 saturated heterocycles. The van der Waals surface area contributed by atoms with Crippen molar-refractivity contribution in [2.24, 2.45) is 0 Å². The van der Waals surface area contributed by atoms with Crippen LogP contribution < -0.4 is 5.32 Å². The predicted octanol–water partition coefficient (Wildman–Crippen LogP) is 5.33. The van der Waals surface area contributed by atoms with Gasteiger partial charge in [-0.1, -0.05) is 30.3 Å². The number of hydrogen-bond acceptors (Lipinski definition) is 2. The number of pyridine rings is 1. The third kappa shape index (κ3) is 4.51. The SMILES string of the molecule is Br.Cc1cccc(NC(=O)c2cc(F)cc(-c3ccccc3C)c2)n1. The lowest BCUT2D eigenvalue weighted by molar-refractivity contribution is 0.102. The minimum Gasteiger partial charge on any atom is -0.307 e. The van der Waals surface area contributed by atoms with Crippen molar-refractivity contribution in [2.75, 3.05) is 5.32 Å². The number of rotatable bonds is 3. The van der Waals surface area contributed by atoms with Crippen LogP contribution in [0.4, 0.5) is 10.2 Å². The lowest BCUT2D eigenvalue weighted by Crippen LogP contribution is -2.13.